The number of aliphatic hydroxyl groups excluding tert-OH is 1. The van der Waals surface area contributed by atoms with E-state index in [-0.39, 0.29) is 6.61 Å². The van der Waals surface area contributed by atoms with Gasteiger partial charge in [0.15, 0.2) is 0 Å². The van der Waals surface area contributed by atoms with Gasteiger partial charge in [-0.3, -0.25) is 0 Å². The van der Waals surface area contributed by atoms with Gasteiger partial charge >= 0.3 is 0 Å². The molecule has 1 atom stereocenters. The van der Waals surface area contributed by atoms with Gasteiger partial charge in [0.2, 0.25) is 0 Å². The van der Waals surface area contributed by atoms with E-state index in [0.717, 1.165) is 17.0 Å². The molecule has 2 rings (SSSR count). The van der Waals surface area contributed by atoms with Crippen LogP contribution in [0.3, 0.4) is 0 Å². The molecule has 2 aromatic rings. The Kier molecular flexibility index (Phi) is 4.30. The van der Waals surface area contributed by atoms with Crippen LogP contribution in [-0.2, 0) is 5.54 Å². The van der Waals surface area contributed by atoms with Crippen molar-refractivity contribution in [3.8, 4) is 5.75 Å². The summed E-state index contributed by atoms with van der Waals surface area (Å²) < 4.78 is 5.17. The van der Waals surface area contributed by atoms with Crippen molar-refractivity contribution < 1.29 is 9.84 Å². The zero-order chi connectivity index (χ0) is 14.6. The SMILES string of the molecule is COc1ccc(C(C)(CO)Nc2cccc(C)c2)cc1. The van der Waals surface area contributed by atoms with Gasteiger partial charge in [-0.15, -0.1) is 0 Å². The van der Waals surface area contributed by atoms with Crippen molar-refractivity contribution in [2.75, 3.05) is 19.0 Å². The fraction of sp³-hybridized carbons (Fsp3) is 0.294. The third-order valence-corrected chi connectivity index (χ3v) is 3.48. The highest BCUT2D eigenvalue weighted by Crippen LogP contribution is 2.27. The summed E-state index contributed by atoms with van der Waals surface area (Å²) in [5.41, 5.74) is 2.67. The number of hydrogen-bond donors (Lipinski definition) is 2. The Morgan fingerprint density at radius 2 is 1.85 bits per heavy atom. The Morgan fingerprint density at radius 3 is 2.40 bits per heavy atom. The summed E-state index contributed by atoms with van der Waals surface area (Å²) >= 11 is 0. The van der Waals surface area contributed by atoms with Gasteiger partial charge < -0.3 is 15.2 Å². The highest BCUT2D eigenvalue weighted by Gasteiger charge is 2.25. The number of benzene rings is 2. The van der Waals surface area contributed by atoms with Gasteiger partial charge in [-0.1, -0.05) is 24.3 Å². The molecule has 3 nitrogen and oxygen atoms in total. The van der Waals surface area contributed by atoms with Crippen LogP contribution >= 0.6 is 0 Å². The van der Waals surface area contributed by atoms with Crippen molar-refractivity contribution in [3.63, 3.8) is 0 Å². The molecule has 3 heteroatoms. The zero-order valence-corrected chi connectivity index (χ0v) is 12.2. The van der Waals surface area contributed by atoms with Gasteiger partial charge in [0.1, 0.15) is 5.75 Å². The normalized spacial score (nSPS) is 13.6. The fourth-order valence-electron chi connectivity index (χ4n) is 2.20. The van der Waals surface area contributed by atoms with Crippen LogP contribution in [0.15, 0.2) is 48.5 Å². The third-order valence-electron chi connectivity index (χ3n) is 3.48. The molecular weight excluding hydrogens is 250 g/mol. The van der Waals surface area contributed by atoms with Gasteiger partial charge in [0.25, 0.3) is 0 Å². The molecule has 0 radical (unpaired) electrons. The predicted molar refractivity (Wildman–Crippen MR) is 82.2 cm³/mol. The molecular formula is C17H21NO2. The molecule has 0 aromatic heterocycles. The average Bonchev–Trinajstić information content (AvgIpc) is 2.47. The Hall–Kier alpha value is -2.00. The number of rotatable bonds is 5. The number of anilines is 1. The monoisotopic (exact) mass is 271 g/mol. The Morgan fingerprint density at radius 1 is 1.15 bits per heavy atom. The minimum Gasteiger partial charge on any atom is -0.497 e. The first-order valence-electron chi connectivity index (χ1n) is 6.67. The van der Waals surface area contributed by atoms with Crippen LogP contribution in [0.1, 0.15) is 18.1 Å². The van der Waals surface area contributed by atoms with Crippen molar-refractivity contribution in [3.05, 3.63) is 59.7 Å². The van der Waals surface area contributed by atoms with Crippen molar-refractivity contribution in [2.24, 2.45) is 0 Å². The number of hydrogen-bond acceptors (Lipinski definition) is 3. The van der Waals surface area contributed by atoms with E-state index in [1.807, 2.05) is 43.3 Å². The summed E-state index contributed by atoms with van der Waals surface area (Å²) in [7, 11) is 1.64. The second kappa shape index (κ2) is 5.97. The Bertz CT molecular complexity index is 565. The summed E-state index contributed by atoms with van der Waals surface area (Å²) in [6, 6.07) is 15.9. The quantitative estimate of drug-likeness (QED) is 0.876. The van der Waals surface area contributed by atoms with Gasteiger partial charge in [-0.2, -0.15) is 0 Å². The topological polar surface area (TPSA) is 41.5 Å². The Labute approximate surface area is 120 Å². The number of aliphatic hydroxyl groups is 1. The molecule has 0 aliphatic heterocycles. The third kappa shape index (κ3) is 3.11. The van der Waals surface area contributed by atoms with Gasteiger partial charge in [0.05, 0.1) is 19.3 Å². The average molecular weight is 271 g/mol. The highest BCUT2D eigenvalue weighted by molar-refractivity contribution is 5.50. The zero-order valence-electron chi connectivity index (χ0n) is 12.2. The Balaban J connectivity index is 2.27. The maximum absolute atomic E-state index is 9.80. The number of aryl methyl sites for hydroxylation is 1. The molecule has 106 valence electrons. The molecule has 2 N–H and O–H groups in total. The first kappa shape index (κ1) is 14.4. The van der Waals surface area contributed by atoms with Crippen LogP contribution in [0.4, 0.5) is 5.69 Å². The van der Waals surface area contributed by atoms with Crippen LogP contribution in [0.2, 0.25) is 0 Å². The van der Waals surface area contributed by atoms with E-state index in [1.165, 1.54) is 5.56 Å². The van der Waals surface area contributed by atoms with E-state index in [2.05, 4.69) is 24.4 Å². The second-order valence-electron chi connectivity index (χ2n) is 5.21. The molecule has 0 aliphatic carbocycles. The molecule has 0 saturated heterocycles. The highest BCUT2D eigenvalue weighted by atomic mass is 16.5. The first-order valence-corrected chi connectivity index (χ1v) is 6.67. The molecule has 0 bridgehead atoms. The minimum absolute atomic E-state index is 0.00721. The number of nitrogens with one attached hydrogen (secondary N) is 1. The van der Waals surface area contributed by atoms with E-state index in [9.17, 15) is 5.11 Å². The summed E-state index contributed by atoms with van der Waals surface area (Å²) in [6.07, 6.45) is 0. The van der Waals surface area contributed by atoms with Gasteiger partial charge in [0, 0.05) is 5.69 Å². The van der Waals surface area contributed by atoms with E-state index < -0.39 is 5.54 Å². The molecule has 0 spiro atoms. The van der Waals surface area contributed by atoms with E-state index in [4.69, 9.17) is 4.74 Å². The standard InChI is InChI=1S/C17H21NO2/c1-13-5-4-6-15(11-13)18-17(2,12-19)14-7-9-16(20-3)10-8-14/h4-11,18-19H,12H2,1-3H3. The number of ether oxygens (including phenoxy) is 1. The summed E-state index contributed by atoms with van der Waals surface area (Å²) in [6.45, 7) is 4.04. The van der Waals surface area contributed by atoms with Crippen LogP contribution in [0.25, 0.3) is 0 Å². The summed E-state index contributed by atoms with van der Waals surface area (Å²) in [4.78, 5) is 0. The lowest BCUT2D eigenvalue weighted by molar-refractivity contribution is 0.224. The molecule has 0 amide bonds. The second-order valence-corrected chi connectivity index (χ2v) is 5.21. The van der Waals surface area contributed by atoms with Gasteiger partial charge in [-0.05, 0) is 49.2 Å². The lowest BCUT2D eigenvalue weighted by Crippen LogP contribution is -2.35. The lowest BCUT2D eigenvalue weighted by Gasteiger charge is -2.31. The van der Waals surface area contributed by atoms with E-state index >= 15 is 0 Å². The van der Waals surface area contributed by atoms with Crippen LogP contribution in [0.5, 0.6) is 5.75 Å². The smallest absolute Gasteiger partial charge is 0.118 e. The maximum Gasteiger partial charge on any atom is 0.118 e. The molecule has 0 aliphatic rings. The fourth-order valence-corrected chi connectivity index (χ4v) is 2.20. The number of methoxy groups -OCH3 is 1. The first-order chi connectivity index (χ1) is 9.57. The van der Waals surface area contributed by atoms with Crippen molar-refractivity contribution in [1.82, 2.24) is 0 Å². The molecule has 20 heavy (non-hydrogen) atoms. The predicted octanol–water partition coefficient (Wildman–Crippen LogP) is 3.32. The van der Waals surface area contributed by atoms with Crippen LogP contribution in [0, 0.1) is 6.92 Å². The molecule has 0 fully saturated rings. The molecule has 0 saturated carbocycles. The summed E-state index contributed by atoms with van der Waals surface area (Å²) in [5.74, 6) is 0.810. The van der Waals surface area contributed by atoms with E-state index in [1.54, 1.807) is 7.11 Å². The van der Waals surface area contributed by atoms with Crippen LogP contribution in [-0.4, -0.2) is 18.8 Å². The molecule has 1 unspecified atom stereocenters. The molecule has 0 heterocycles. The van der Waals surface area contributed by atoms with Crippen molar-refractivity contribution in [2.45, 2.75) is 19.4 Å². The molecule has 2 aromatic carbocycles. The van der Waals surface area contributed by atoms with Crippen LogP contribution < -0.4 is 10.1 Å². The van der Waals surface area contributed by atoms with Crippen molar-refractivity contribution >= 4 is 5.69 Å². The van der Waals surface area contributed by atoms with Gasteiger partial charge in [-0.25, -0.2) is 0 Å². The van der Waals surface area contributed by atoms with Crippen molar-refractivity contribution in [1.29, 1.82) is 0 Å². The summed E-state index contributed by atoms with van der Waals surface area (Å²) in [5, 5.41) is 13.2. The largest absolute Gasteiger partial charge is 0.497 e. The van der Waals surface area contributed by atoms with E-state index in [0.29, 0.717) is 0 Å². The maximum atomic E-state index is 9.80. The lowest BCUT2D eigenvalue weighted by atomic mass is 9.92. The minimum atomic E-state index is -0.528.